The number of hydrogen-bond donors (Lipinski definition) is 0. The van der Waals surface area contributed by atoms with Gasteiger partial charge in [0.25, 0.3) is 0 Å². The van der Waals surface area contributed by atoms with E-state index < -0.39 is 46.4 Å². The smallest absolute Gasteiger partial charge is 0.574 e. The van der Waals surface area contributed by atoms with E-state index in [0.717, 1.165) is 69.4 Å². The zero-order valence-electron chi connectivity index (χ0n) is 72.1. The van der Waals surface area contributed by atoms with Gasteiger partial charge in [0.15, 0.2) is 0 Å². The van der Waals surface area contributed by atoms with Crippen LogP contribution in [0.2, 0.25) is 0 Å². The van der Waals surface area contributed by atoms with Crippen LogP contribution in [0.1, 0.15) is 182 Å². The summed E-state index contributed by atoms with van der Waals surface area (Å²) in [6, 6.07) is 46.6. The largest absolute Gasteiger partial charge is 2.00 e. The molecule has 0 saturated carbocycles. The third-order valence-electron chi connectivity index (χ3n) is 19.1. The molecule has 0 bridgehead atoms. The molecule has 794 valence electrons. The molecule has 0 aromatic carbocycles. The molecule has 149 heavy (non-hydrogen) atoms. The van der Waals surface area contributed by atoms with Gasteiger partial charge in [-0.05, 0) is 152 Å². The molecule has 0 aliphatic rings. The van der Waals surface area contributed by atoms with Crippen molar-refractivity contribution in [3.05, 3.63) is 325 Å². The zero-order valence-corrected chi connectivity index (χ0v) is 83.4. The fourth-order valence-corrected chi connectivity index (χ4v) is 12.4. The Morgan fingerprint density at radius 3 is 0.779 bits per heavy atom. The Bertz CT molecular complexity index is 7000. The first-order valence-corrected chi connectivity index (χ1v) is 39.5. The fraction of sp³-hybridized carbons (Fsp3) is 0.250. The fourth-order valence-electron chi connectivity index (χ4n) is 12.4. The standard InChI is InChI=1S/C21H17F3N6.C19H13F3N6.C18H11F3N6O.C15H12N10.C13H8N10.10CH4.5Pt/c1-12-10-15(28-27-12)13-6-4-8-17(25-13)20(2,3)18-9-5-7-14(26-18)16-11-19(30-29-16)21(22,23)24;1-11-8-16(26-25-11)14-6-2-4-12(23-14)9-13-5-3-7-15(24-13)17-10-18(28-27-17)19(20,21)22;1-10-8-13(25-24-10)11-4-2-6-16(22-11)28-17-7-3-5-12(23-17)14-9-15(27-26-14)18(19,20)21;1-15(2,11-3-5-18-13(22-11)24-9-16-7-20-24)12-4-6-19-14(23-12)25-10-17-8-21-25;1-3-16-12(22-8-14-6-18-22)20-10(1)5-11-2-4-17-13(21-11)23-9-15-7-19-23;;;;;;;;;;;;;;;/h4-11H,1-3H3;2-8,10H,9H2,1H3;2-9H,1H3;3-8H,1-2H3;1-4,6-7H,5H2;10*1H4;;;;;/q5*-2;;;;;;;;;;;5*+2. The second-order valence-corrected chi connectivity index (χ2v) is 29.5. The summed E-state index contributed by atoms with van der Waals surface area (Å²) in [6.45, 7) is 13.5. The van der Waals surface area contributed by atoms with Crippen LogP contribution in [0.4, 0.5) is 39.5 Å². The van der Waals surface area contributed by atoms with Gasteiger partial charge in [-0.1, -0.05) is 163 Å². The van der Waals surface area contributed by atoms with Crippen LogP contribution in [0.5, 0.6) is 11.8 Å². The number of rotatable bonds is 20. The molecule has 39 nitrogen and oxygen atoms in total. The molecule has 53 heteroatoms. The van der Waals surface area contributed by atoms with Crippen molar-refractivity contribution in [2.24, 2.45) is 0 Å². The van der Waals surface area contributed by atoms with Crippen molar-refractivity contribution < 1.29 is 150 Å². The molecule has 20 rings (SSSR count). The summed E-state index contributed by atoms with van der Waals surface area (Å²) in [7, 11) is 0. The monoisotopic (exact) mass is 2950 g/mol. The van der Waals surface area contributed by atoms with Gasteiger partial charge in [0.2, 0.25) is 11.8 Å². The molecule has 20 aromatic rings. The quantitative estimate of drug-likeness (QED) is 0.0505. The van der Waals surface area contributed by atoms with Crippen LogP contribution in [0.15, 0.2) is 220 Å². The molecule has 0 aliphatic carbocycles. The second-order valence-electron chi connectivity index (χ2n) is 29.5. The number of alkyl halides is 9. The molecular formula is C96H101F9N38OPt5. The first-order valence-electron chi connectivity index (χ1n) is 39.5. The number of aryl methyl sites for hydroxylation is 3. The van der Waals surface area contributed by atoms with Gasteiger partial charge < -0.3 is 105 Å². The van der Waals surface area contributed by atoms with Crippen molar-refractivity contribution in [2.75, 3.05) is 0 Å². The Morgan fingerprint density at radius 2 is 0.510 bits per heavy atom. The van der Waals surface area contributed by atoms with E-state index in [1.165, 1.54) is 50.1 Å². The number of nitrogens with zero attached hydrogens (tertiary/aromatic N) is 38. The van der Waals surface area contributed by atoms with Crippen LogP contribution in [0.25, 0.3) is 92.1 Å². The van der Waals surface area contributed by atoms with Crippen molar-refractivity contribution in [3.8, 4) is 104 Å². The van der Waals surface area contributed by atoms with E-state index in [2.05, 4.69) is 192 Å². The first-order chi connectivity index (χ1) is 64.4. The Kier molecular flexibility index (Phi) is 52.0. The second kappa shape index (κ2) is 58.4. The molecule has 0 aliphatic heterocycles. The summed E-state index contributed by atoms with van der Waals surface area (Å²) < 4.78 is 126. The predicted molar refractivity (Wildman–Crippen MR) is 514 cm³/mol. The maximum absolute atomic E-state index is 12.8. The van der Waals surface area contributed by atoms with E-state index >= 15 is 0 Å². The maximum atomic E-state index is 12.8. The zero-order chi connectivity index (χ0) is 93.7. The van der Waals surface area contributed by atoms with Crippen molar-refractivity contribution in [1.82, 2.24) is 190 Å². The molecular weight excluding hydrogens is 2850 g/mol. The minimum absolute atomic E-state index is 0. The van der Waals surface area contributed by atoms with Gasteiger partial charge in [0, 0.05) is 185 Å². The van der Waals surface area contributed by atoms with Gasteiger partial charge in [-0.15, -0.1) is 0 Å². The summed E-state index contributed by atoms with van der Waals surface area (Å²) >= 11 is 0. The van der Waals surface area contributed by atoms with E-state index in [1.807, 2.05) is 127 Å². The average molecular weight is 2950 g/mol. The van der Waals surface area contributed by atoms with Gasteiger partial charge in [0.1, 0.15) is 40.9 Å². The van der Waals surface area contributed by atoms with Crippen molar-refractivity contribution in [2.45, 2.75) is 165 Å². The topological polar surface area (TPSA) is 474 Å². The molecule has 0 fully saturated rings. The maximum Gasteiger partial charge on any atom is 2.00 e. The molecule has 0 amide bonds. The van der Waals surface area contributed by atoms with Crippen LogP contribution in [-0.2, 0) is 148 Å². The van der Waals surface area contributed by atoms with Crippen LogP contribution in [0, 0.1) is 46.1 Å². The third kappa shape index (κ3) is 33.8. The average Bonchev–Trinajstić information content (AvgIpc) is 1.65. The van der Waals surface area contributed by atoms with Crippen LogP contribution < -0.4 is 35.3 Å². The number of ether oxygens (including phenoxy) is 1. The van der Waals surface area contributed by atoms with Gasteiger partial charge in [-0.2, -0.15) is 39.5 Å². The van der Waals surface area contributed by atoms with Crippen LogP contribution in [-0.4, -0.2) is 159 Å². The van der Waals surface area contributed by atoms with Crippen molar-refractivity contribution >= 4 is 0 Å². The van der Waals surface area contributed by atoms with Crippen LogP contribution >= 0.6 is 0 Å². The van der Waals surface area contributed by atoms with Crippen molar-refractivity contribution in [3.63, 3.8) is 0 Å². The summed E-state index contributed by atoms with van der Waals surface area (Å²) in [6.07, 6.45) is 10.1. The number of halogens is 9. The molecule has 0 radical (unpaired) electrons. The number of aromatic nitrogens is 38. The minimum atomic E-state index is -4.56. The van der Waals surface area contributed by atoms with E-state index in [0.29, 0.717) is 93.6 Å². The van der Waals surface area contributed by atoms with E-state index in [-0.39, 0.29) is 214 Å². The Labute approximate surface area is 926 Å². The molecule has 20 aromatic heterocycles. The normalized spacial score (nSPS) is 10.5. The summed E-state index contributed by atoms with van der Waals surface area (Å²) in [4.78, 5) is 76.6. The van der Waals surface area contributed by atoms with E-state index in [9.17, 15) is 39.5 Å². The SMILES string of the molecule is C.C.C.C.C.C.C.C.C.C.CC(C)(c1ccnc(-n2[c-]ncn2)n1)c1ccnc(-n2[c-]ncn2)n1.Cc1cc(-c2cccc(C(C)(C)c3cccc(-c4cc(C(F)(F)F)n[n-]4)n3)n2)[n-]n1.Cc1cc(-c2cccc(Cc3cccc(-c4cc(C(F)(F)F)n[n-]4)n3)n2)[n-]n1.Cc1cc(-c2cccc(Oc3cccc(-c4cc(C(F)(F)F)n[n-]4)n3)n2)[n-]n1.[Pt+2].[Pt+2].[Pt+2].[Pt+2].[Pt+2].[c-]1ncnn1-c1nccc(Cc2ccnc(-n3[c-]ncn3)n2)n1. The van der Waals surface area contributed by atoms with Gasteiger partial charge in [-0.25, -0.2) is 30.4 Å². The Hall–Kier alpha value is -14.3. The third-order valence-corrected chi connectivity index (χ3v) is 19.1. The number of hydrogen-bond acceptors (Lipinski definition) is 29. The summed E-state index contributed by atoms with van der Waals surface area (Å²) in [5, 5.41) is 60.4. The first kappa shape index (κ1) is 133. The van der Waals surface area contributed by atoms with Gasteiger partial charge in [-0.3, -0.25) is 59.8 Å². The number of pyridine rings is 6. The molecule has 20 heterocycles. The molecule has 0 saturated heterocycles. The molecule has 0 spiro atoms. The van der Waals surface area contributed by atoms with E-state index in [1.54, 1.807) is 91.5 Å². The summed E-state index contributed by atoms with van der Waals surface area (Å²) in [5.41, 5.74) is 8.98. The van der Waals surface area contributed by atoms with Gasteiger partial charge >= 0.3 is 124 Å². The van der Waals surface area contributed by atoms with Crippen LogP contribution in [0.3, 0.4) is 0 Å². The molecule has 0 unspecified atom stereocenters. The molecule has 0 N–H and O–H groups in total. The minimum Gasteiger partial charge on any atom is -0.574 e. The summed E-state index contributed by atoms with van der Waals surface area (Å²) in [5.74, 6) is 2.00. The molecule has 0 atom stereocenters. The van der Waals surface area contributed by atoms with Gasteiger partial charge in [0.05, 0.1) is 22.8 Å². The predicted octanol–water partition coefficient (Wildman–Crippen LogP) is 17.6. The van der Waals surface area contributed by atoms with Crippen molar-refractivity contribution in [1.29, 1.82) is 0 Å². The van der Waals surface area contributed by atoms with E-state index in [4.69, 9.17) is 9.72 Å². The Balaban J connectivity index is 0.000000910. The Morgan fingerprint density at radius 1 is 0.268 bits per heavy atom.